The van der Waals surface area contributed by atoms with Crippen LogP contribution in [0, 0.1) is 11.9 Å². The molecular formula is C14H10ClF3NY-. The van der Waals surface area contributed by atoms with Crippen LogP contribution in [0.1, 0.15) is 5.56 Å². The first-order valence-corrected chi connectivity index (χ1v) is 5.87. The van der Waals surface area contributed by atoms with Crippen molar-refractivity contribution in [3.8, 4) is 0 Å². The van der Waals surface area contributed by atoms with E-state index in [9.17, 15) is 13.2 Å². The number of allylic oxidation sites excluding steroid dienone is 3. The molecule has 0 unspecified atom stereocenters. The van der Waals surface area contributed by atoms with Crippen molar-refractivity contribution in [3.63, 3.8) is 0 Å². The van der Waals surface area contributed by atoms with Crippen molar-refractivity contribution in [2.45, 2.75) is 6.43 Å². The van der Waals surface area contributed by atoms with Gasteiger partial charge in [-0.2, -0.15) is 12.2 Å². The van der Waals surface area contributed by atoms with Gasteiger partial charge in [-0.1, -0.05) is 29.4 Å². The molecule has 6 heteroatoms. The molecule has 0 aromatic heterocycles. The molecule has 2 rings (SSSR count). The van der Waals surface area contributed by atoms with Crippen LogP contribution in [0.4, 0.5) is 13.2 Å². The van der Waals surface area contributed by atoms with E-state index in [2.05, 4.69) is 12.7 Å². The number of benzene rings is 1. The minimum absolute atomic E-state index is 0. The normalized spacial score (nSPS) is 14.3. The van der Waals surface area contributed by atoms with Crippen molar-refractivity contribution in [3.05, 3.63) is 65.1 Å². The SMILES string of the molecule is C=C1C=C[C-]=C(c2ccc(F)cc2Cl)N1CC(F)F.[Y]. The molecule has 1 aromatic rings. The molecule has 1 aliphatic rings. The Labute approximate surface area is 145 Å². The monoisotopic (exact) mass is 373 g/mol. The summed E-state index contributed by atoms with van der Waals surface area (Å²) in [6.45, 7) is 3.18. The zero-order valence-electron chi connectivity index (χ0n) is 10.4. The number of halogens is 4. The van der Waals surface area contributed by atoms with Gasteiger partial charge in [-0.25, -0.2) is 13.2 Å². The Bertz CT molecular complexity index is 570. The van der Waals surface area contributed by atoms with Crippen LogP contribution in [-0.4, -0.2) is 17.9 Å². The van der Waals surface area contributed by atoms with E-state index < -0.39 is 18.8 Å². The molecule has 20 heavy (non-hydrogen) atoms. The van der Waals surface area contributed by atoms with Crippen LogP contribution >= 0.6 is 11.6 Å². The van der Waals surface area contributed by atoms with Gasteiger partial charge in [0.15, 0.2) is 0 Å². The third-order valence-corrected chi connectivity index (χ3v) is 2.93. The van der Waals surface area contributed by atoms with Crippen molar-refractivity contribution in [1.82, 2.24) is 4.90 Å². The van der Waals surface area contributed by atoms with Crippen molar-refractivity contribution >= 4 is 17.3 Å². The van der Waals surface area contributed by atoms with Crippen LogP contribution in [0.3, 0.4) is 0 Å². The number of hydrogen-bond donors (Lipinski definition) is 0. The van der Waals surface area contributed by atoms with Gasteiger partial charge < -0.3 is 4.90 Å². The van der Waals surface area contributed by atoms with Gasteiger partial charge in [-0.3, -0.25) is 0 Å². The minimum atomic E-state index is -2.53. The Hall–Kier alpha value is -0.576. The van der Waals surface area contributed by atoms with Crippen LogP contribution in [0.25, 0.3) is 5.70 Å². The smallest absolute Gasteiger partial charge is 0.256 e. The van der Waals surface area contributed by atoms with Crippen LogP contribution in [-0.2, 0) is 32.7 Å². The van der Waals surface area contributed by atoms with Crippen molar-refractivity contribution in [2.75, 3.05) is 6.54 Å². The Morgan fingerprint density at radius 1 is 1.35 bits per heavy atom. The summed E-state index contributed by atoms with van der Waals surface area (Å²) >= 11 is 5.94. The Kier molecular flexibility index (Phi) is 6.50. The first kappa shape index (κ1) is 17.5. The van der Waals surface area contributed by atoms with Gasteiger partial charge in [-0.15, -0.1) is 12.1 Å². The molecule has 0 aliphatic carbocycles. The van der Waals surface area contributed by atoms with E-state index in [0.717, 1.165) is 6.07 Å². The molecular weight excluding hydrogens is 364 g/mol. The maximum atomic E-state index is 13.0. The summed E-state index contributed by atoms with van der Waals surface area (Å²) in [4.78, 5) is 1.31. The van der Waals surface area contributed by atoms with E-state index in [1.807, 2.05) is 0 Å². The van der Waals surface area contributed by atoms with E-state index in [0.29, 0.717) is 17.0 Å². The molecule has 0 atom stereocenters. The molecule has 0 N–H and O–H groups in total. The largest absolute Gasteiger partial charge is 0.370 e. The van der Waals surface area contributed by atoms with E-state index in [1.54, 1.807) is 12.2 Å². The van der Waals surface area contributed by atoms with Crippen LogP contribution in [0.5, 0.6) is 0 Å². The quantitative estimate of drug-likeness (QED) is 0.715. The maximum Gasteiger partial charge on any atom is 0.256 e. The van der Waals surface area contributed by atoms with Crippen LogP contribution in [0.15, 0.2) is 42.6 Å². The zero-order valence-corrected chi connectivity index (χ0v) is 14.0. The number of alkyl halides is 2. The second kappa shape index (κ2) is 7.44. The Morgan fingerprint density at radius 3 is 2.65 bits per heavy atom. The average Bonchev–Trinajstić information content (AvgIpc) is 2.32. The third-order valence-electron chi connectivity index (χ3n) is 2.62. The predicted molar refractivity (Wildman–Crippen MR) is 69.1 cm³/mol. The Morgan fingerprint density at radius 2 is 2.05 bits per heavy atom. The molecule has 1 aliphatic heterocycles. The topological polar surface area (TPSA) is 3.24 Å². The molecule has 0 saturated carbocycles. The minimum Gasteiger partial charge on any atom is -0.370 e. The summed E-state index contributed by atoms with van der Waals surface area (Å²) in [5.41, 5.74) is 1.21. The van der Waals surface area contributed by atoms with E-state index >= 15 is 0 Å². The second-order valence-electron chi connectivity index (χ2n) is 3.94. The summed E-state index contributed by atoms with van der Waals surface area (Å²) < 4.78 is 38.2. The molecule has 0 fully saturated rings. The molecule has 0 saturated heterocycles. The summed E-state index contributed by atoms with van der Waals surface area (Å²) in [7, 11) is 0. The zero-order chi connectivity index (χ0) is 14.0. The molecule has 0 spiro atoms. The third kappa shape index (κ3) is 3.97. The fourth-order valence-corrected chi connectivity index (χ4v) is 2.04. The molecule has 1 radical (unpaired) electrons. The molecule has 1 heterocycles. The summed E-state index contributed by atoms with van der Waals surface area (Å²) in [5, 5.41) is 0.143. The molecule has 103 valence electrons. The second-order valence-corrected chi connectivity index (χ2v) is 4.35. The van der Waals surface area contributed by atoms with Crippen molar-refractivity contribution in [1.29, 1.82) is 0 Å². The first-order valence-electron chi connectivity index (χ1n) is 5.49. The molecule has 1 aromatic carbocycles. The number of nitrogens with zero attached hydrogens (tertiary/aromatic N) is 1. The number of hydrogen-bond acceptors (Lipinski definition) is 1. The standard InChI is InChI=1S/C14H10ClF3N.Y/c1-9-3-2-4-13(19(9)8-14(17)18)11-6-5-10(16)7-12(11)15;/h2-3,5-7,14H,1,8H2;/q-1;. The summed E-state index contributed by atoms with van der Waals surface area (Å²) in [5.74, 6) is -0.486. The van der Waals surface area contributed by atoms with Gasteiger partial charge in [0.25, 0.3) is 6.43 Å². The Balaban J connectivity index is 0.00000200. The summed E-state index contributed by atoms with van der Waals surface area (Å²) in [6, 6.07) is 3.79. The van der Waals surface area contributed by atoms with Crippen LogP contribution in [0.2, 0.25) is 5.02 Å². The van der Waals surface area contributed by atoms with Gasteiger partial charge >= 0.3 is 0 Å². The van der Waals surface area contributed by atoms with Gasteiger partial charge in [0, 0.05) is 32.7 Å². The van der Waals surface area contributed by atoms with E-state index in [4.69, 9.17) is 11.6 Å². The average molecular weight is 374 g/mol. The van der Waals surface area contributed by atoms with Crippen molar-refractivity contribution in [2.24, 2.45) is 0 Å². The van der Waals surface area contributed by atoms with Crippen LogP contribution < -0.4 is 0 Å². The molecule has 1 nitrogen and oxygen atoms in total. The fraction of sp³-hybridized carbons (Fsp3) is 0.143. The number of rotatable bonds is 3. The fourth-order valence-electron chi connectivity index (χ4n) is 1.78. The van der Waals surface area contributed by atoms with E-state index in [-0.39, 0.29) is 37.7 Å². The maximum absolute atomic E-state index is 13.0. The molecule has 0 amide bonds. The van der Waals surface area contributed by atoms with Gasteiger partial charge in [0.1, 0.15) is 5.82 Å². The van der Waals surface area contributed by atoms with Gasteiger partial charge in [0.2, 0.25) is 0 Å². The van der Waals surface area contributed by atoms with Crippen molar-refractivity contribution < 1.29 is 45.9 Å². The van der Waals surface area contributed by atoms with Gasteiger partial charge in [-0.05, 0) is 22.9 Å². The van der Waals surface area contributed by atoms with E-state index in [1.165, 1.54) is 17.0 Å². The first-order chi connectivity index (χ1) is 8.99. The van der Waals surface area contributed by atoms with Gasteiger partial charge in [0.05, 0.1) is 6.54 Å². The molecule has 0 bridgehead atoms. The predicted octanol–water partition coefficient (Wildman–Crippen LogP) is 4.27. The summed E-state index contributed by atoms with van der Waals surface area (Å²) in [6.07, 6.45) is 3.46.